The molecule has 0 bridgehead atoms. The van der Waals surface area contributed by atoms with Crippen molar-refractivity contribution < 1.29 is 0 Å². The van der Waals surface area contributed by atoms with Crippen molar-refractivity contribution in [1.29, 1.82) is 0 Å². The van der Waals surface area contributed by atoms with Crippen molar-refractivity contribution in [2.24, 2.45) is 0 Å². The number of H-pyrrole nitrogens is 1. The normalized spacial score (nSPS) is 13.1. The number of aromatic nitrogens is 5. The molecule has 5 rings (SSSR count). The molecule has 7 heteroatoms. The van der Waals surface area contributed by atoms with Crippen molar-refractivity contribution >= 4 is 11.6 Å². The average Bonchev–Trinajstić information content (AvgIpc) is 3.29. The Morgan fingerprint density at radius 3 is 2.79 bits per heavy atom. The fourth-order valence-corrected chi connectivity index (χ4v) is 3.67. The maximum absolute atomic E-state index is 4.98. The predicted molar refractivity (Wildman–Crippen MR) is 114 cm³/mol. The van der Waals surface area contributed by atoms with E-state index >= 15 is 0 Å². The van der Waals surface area contributed by atoms with E-state index in [0.717, 1.165) is 59.5 Å². The highest BCUT2D eigenvalue weighted by molar-refractivity contribution is 5.73. The van der Waals surface area contributed by atoms with Gasteiger partial charge in [0.05, 0.1) is 11.9 Å². The van der Waals surface area contributed by atoms with Gasteiger partial charge in [0, 0.05) is 30.8 Å². The number of aryl methyl sites for hydroxylation is 1. The van der Waals surface area contributed by atoms with Crippen LogP contribution in [0, 0.1) is 6.92 Å². The van der Waals surface area contributed by atoms with Crippen LogP contribution in [-0.2, 0) is 6.54 Å². The molecule has 0 atom stereocenters. The van der Waals surface area contributed by atoms with Crippen molar-refractivity contribution in [1.82, 2.24) is 25.1 Å². The van der Waals surface area contributed by atoms with Crippen LogP contribution in [0.1, 0.15) is 11.1 Å². The predicted octanol–water partition coefficient (Wildman–Crippen LogP) is 3.67. The molecule has 0 radical (unpaired) electrons. The highest BCUT2D eigenvalue weighted by atomic mass is 15.3. The molecule has 29 heavy (non-hydrogen) atoms. The van der Waals surface area contributed by atoms with Crippen LogP contribution in [0.2, 0.25) is 0 Å². The van der Waals surface area contributed by atoms with E-state index in [1.807, 2.05) is 18.3 Å². The smallest absolute Gasteiger partial charge is 0.172 e. The molecule has 0 unspecified atom stereocenters. The number of nitrogens with zero attached hydrogens (tertiary/aromatic N) is 5. The molecular formula is C22H21N7. The van der Waals surface area contributed by atoms with E-state index in [4.69, 9.17) is 4.98 Å². The molecule has 0 aliphatic carbocycles. The molecule has 2 aromatic heterocycles. The SMILES string of the molecule is Cc1cc(-c2nnc[nH]2)ccc1-c1cnc2c(n1)N(Cc1ccccc1)CCN2. The van der Waals surface area contributed by atoms with E-state index in [0.29, 0.717) is 0 Å². The molecule has 144 valence electrons. The van der Waals surface area contributed by atoms with Gasteiger partial charge < -0.3 is 15.2 Å². The van der Waals surface area contributed by atoms with Gasteiger partial charge in [-0.15, -0.1) is 10.2 Å². The van der Waals surface area contributed by atoms with Gasteiger partial charge in [-0.1, -0.05) is 42.5 Å². The highest BCUT2D eigenvalue weighted by Gasteiger charge is 2.21. The number of fused-ring (bicyclic) bond motifs is 1. The standard InChI is InChI=1S/C22H21N7/c1-15-11-17(20-25-14-26-28-20)7-8-18(15)19-12-24-21-22(27-19)29(10-9-23-21)13-16-5-3-2-4-6-16/h2-8,11-12,14H,9-10,13H2,1H3,(H,23,24)(H,25,26,28). The third-order valence-corrected chi connectivity index (χ3v) is 5.14. The van der Waals surface area contributed by atoms with Gasteiger partial charge in [0.1, 0.15) is 6.33 Å². The Morgan fingerprint density at radius 2 is 2.00 bits per heavy atom. The zero-order valence-electron chi connectivity index (χ0n) is 16.1. The lowest BCUT2D eigenvalue weighted by Gasteiger charge is -2.30. The number of anilines is 2. The van der Waals surface area contributed by atoms with Crippen LogP contribution >= 0.6 is 0 Å². The van der Waals surface area contributed by atoms with Gasteiger partial charge in [0.15, 0.2) is 17.5 Å². The lowest BCUT2D eigenvalue weighted by Crippen LogP contribution is -2.34. The summed E-state index contributed by atoms with van der Waals surface area (Å²) < 4.78 is 0. The second-order valence-electron chi connectivity index (χ2n) is 7.13. The molecule has 1 aliphatic heterocycles. The molecule has 7 nitrogen and oxygen atoms in total. The Labute approximate surface area is 168 Å². The molecule has 0 spiro atoms. The van der Waals surface area contributed by atoms with E-state index in [-0.39, 0.29) is 0 Å². The topological polar surface area (TPSA) is 82.6 Å². The van der Waals surface area contributed by atoms with Crippen molar-refractivity contribution in [3.05, 3.63) is 72.2 Å². The fraction of sp³-hybridized carbons (Fsp3) is 0.182. The van der Waals surface area contributed by atoms with Gasteiger partial charge in [-0.05, 0) is 24.1 Å². The van der Waals surface area contributed by atoms with Crippen LogP contribution in [0.3, 0.4) is 0 Å². The van der Waals surface area contributed by atoms with Crippen LogP contribution in [0.25, 0.3) is 22.6 Å². The summed E-state index contributed by atoms with van der Waals surface area (Å²) in [6.45, 7) is 4.65. The summed E-state index contributed by atoms with van der Waals surface area (Å²) in [4.78, 5) is 15.0. The number of rotatable bonds is 4. The van der Waals surface area contributed by atoms with Crippen LogP contribution in [0.15, 0.2) is 61.1 Å². The Balaban J connectivity index is 1.49. The Kier molecular flexibility index (Phi) is 4.40. The maximum Gasteiger partial charge on any atom is 0.172 e. The molecule has 1 aliphatic rings. The average molecular weight is 383 g/mol. The fourth-order valence-electron chi connectivity index (χ4n) is 3.67. The lowest BCUT2D eigenvalue weighted by molar-refractivity contribution is 0.763. The number of aromatic amines is 1. The van der Waals surface area contributed by atoms with E-state index in [1.54, 1.807) is 6.33 Å². The molecule has 0 saturated carbocycles. The first-order valence-corrected chi connectivity index (χ1v) is 9.65. The van der Waals surface area contributed by atoms with E-state index < -0.39 is 0 Å². The molecule has 0 amide bonds. The van der Waals surface area contributed by atoms with Gasteiger partial charge in [-0.3, -0.25) is 0 Å². The summed E-state index contributed by atoms with van der Waals surface area (Å²) in [5.74, 6) is 2.50. The van der Waals surface area contributed by atoms with Gasteiger partial charge in [0.2, 0.25) is 0 Å². The zero-order valence-corrected chi connectivity index (χ0v) is 16.1. The summed E-state index contributed by atoms with van der Waals surface area (Å²) in [5.41, 5.74) is 5.31. The maximum atomic E-state index is 4.98. The largest absolute Gasteiger partial charge is 0.365 e. The minimum atomic E-state index is 0.759. The van der Waals surface area contributed by atoms with E-state index in [1.165, 1.54) is 5.56 Å². The van der Waals surface area contributed by atoms with Crippen molar-refractivity contribution in [3.8, 4) is 22.6 Å². The van der Waals surface area contributed by atoms with Crippen LogP contribution in [0.4, 0.5) is 11.6 Å². The minimum Gasteiger partial charge on any atom is -0.365 e. The Bertz CT molecular complexity index is 1120. The van der Waals surface area contributed by atoms with Crippen molar-refractivity contribution in [3.63, 3.8) is 0 Å². The molecule has 0 fully saturated rings. The summed E-state index contributed by atoms with van der Waals surface area (Å²) in [7, 11) is 0. The van der Waals surface area contributed by atoms with Crippen molar-refractivity contribution in [2.75, 3.05) is 23.3 Å². The first kappa shape index (κ1) is 17.4. The molecule has 0 saturated heterocycles. The van der Waals surface area contributed by atoms with Gasteiger partial charge in [0.25, 0.3) is 0 Å². The first-order valence-electron chi connectivity index (χ1n) is 9.65. The van der Waals surface area contributed by atoms with Crippen LogP contribution in [0.5, 0.6) is 0 Å². The van der Waals surface area contributed by atoms with Gasteiger partial charge in [-0.2, -0.15) is 0 Å². The quantitative estimate of drug-likeness (QED) is 0.560. The molecular weight excluding hydrogens is 362 g/mol. The van der Waals surface area contributed by atoms with E-state index in [2.05, 4.69) is 73.7 Å². The van der Waals surface area contributed by atoms with E-state index in [9.17, 15) is 0 Å². The number of hydrogen-bond donors (Lipinski definition) is 2. The molecule has 3 heterocycles. The summed E-state index contributed by atoms with van der Waals surface area (Å²) in [6, 6.07) is 16.7. The summed E-state index contributed by atoms with van der Waals surface area (Å²) in [5, 5.41) is 11.3. The Morgan fingerprint density at radius 1 is 1.10 bits per heavy atom. The summed E-state index contributed by atoms with van der Waals surface area (Å²) in [6.07, 6.45) is 3.43. The summed E-state index contributed by atoms with van der Waals surface area (Å²) >= 11 is 0. The third kappa shape index (κ3) is 3.42. The number of nitrogens with one attached hydrogen (secondary N) is 2. The van der Waals surface area contributed by atoms with Crippen LogP contribution in [-0.4, -0.2) is 38.2 Å². The first-order chi connectivity index (χ1) is 14.3. The number of benzene rings is 2. The zero-order chi connectivity index (χ0) is 19.6. The van der Waals surface area contributed by atoms with Gasteiger partial charge in [-0.25, -0.2) is 9.97 Å². The second-order valence-corrected chi connectivity index (χ2v) is 7.13. The van der Waals surface area contributed by atoms with Crippen molar-refractivity contribution in [2.45, 2.75) is 13.5 Å². The lowest BCUT2D eigenvalue weighted by atomic mass is 10.0. The highest BCUT2D eigenvalue weighted by Crippen LogP contribution is 2.31. The Hall–Kier alpha value is -3.74. The molecule has 4 aromatic rings. The monoisotopic (exact) mass is 383 g/mol. The molecule has 2 aromatic carbocycles. The van der Waals surface area contributed by atoms with Crippen LogP contribution < -0.4 is 10.2 Å². The third-order valence-electron chi connectivity index (χ3n) is 5.14. The molecule has 2 N–H and O–H groups in total. The number of hydrogen-bond acceptors (Lipinski definition) is 6. The second kappa shape index (κ2) is 7.35. The minimum absolute atomic E-state index is 0.759. The van der Waals surface area contributed by atoms with Gasteiger partial charge >= 0.3 is 0 Å².